The summed E-state index contributed by atoms with van der Waals surface area (Å²) in [7, 11) is -4.42. The molecular weight excluding hydrogens is 532 g/mol. The lowest BCUT2D eigenvalue weighted by Gasteiger charge is -2.31. The molecular formula is C22H29FN3O9PS. The van der Waals surface area contributed by atoms with Crippen LogP contribution in [0.5, 0.6) is 5.75 Å². The Bertz CT molecular complexity index is 1240. The molecule has 1 aliphatic heterocycles. The normalized spacial score (nSPS) is 26.0. The quantitative estimate of drug-likeness (QED) is 0.180. The van der Waals surface area contributed by atoms with Gasteiger partial charge >= 0.3 is 13.7 Å². The van der Waals surface area contributed by atoms with E-state index in [1.54, 1.807) is 32.0 Å². The number of hydrogen-bond donors (Lipinski definition) is 4. The Labute approximate surface area is 216 Å². The lowest BCUT2D eigenvalue weighted by Crippen LogP contribution is -2.49. The van der Waals surface area contributed by atoms with Crippen LogP contribution in [0, 0.1) is 4.77 Å². The molecule has 0 aliphatic carbocycles. The van der Waals surface area contributed by atoms with Crippen LogP contribution < -0.4 is 15.2 Å². The van der Waals surface area contributed by atoms with Crippen molar-refractivity contribution in [1.82, 2.24) is 14.6 Å². The van der Waals surface area contributed by atoms with Gasteiger partial charge in [0.1, 0.15) is 30.7 Å². The molecule has 2 heterocycles. The Hall–Kier alpha value is -2.45. The van der Waals surface area contributed by atoms with Crippen molar-refractivity contribution in [2.75, 3.05) is 13.3 Å². The minimum absolute atomic E-state index is 0.113. The number of aromatic nitrogens is 2. The summed E-state index contributed by atoms with van der Waals surface area (Å²) >= 11 is 5.07. The lowest BCUT2D eigenvalue weighted by atomic mass is 9.98. The number of aliphatic hydroxyl groups excluding tert-OH is 2. The number of H-pyrrole nitrogens is 1. The van der Waals surface area contributed by atoms with E-state index in [1.165, 1.54) is 25.3 Å². The highest BCUT2D eigenvalue weighted by Crippen LogP contribution is 2.48. The number of carbonyl (C=O) groups is 1. The number of aromatic amines is 1. The molecule has 37 heavy (non-hydrogen) atoms. The first-order valence-corrected chi connectivity index (χ1v) is 13.2. The van der Waals surface area contributed by atoms with Gasteiger partial charge in [-0.05, 0) is 45.1 Å². The molecule has 0 spiro atoms. The molecule has 1 aliphatic rings. The molecule has 4 N–H and O–H groups in total. The van der Waals surface area contributed by atoms with Crippen LogP contribution in [0.2, 0.25) is 0 Å². The van der Waals surface area contributed by atoms with Gasteiger partial charge in [0, 0.05) is 12.3 Å². The zero-order valence-electron chi connectivity index (χ0n) is 20.3. The van der Waals surface area contributed by atoms with E-state index in [1.807, 2.05) is 0 Å². The minimum Gasteiger partial charge on any atom is -0.462 e. The van der Waals surface area contributed by atoms with Crippen molar-refractivity contribution in [1.29, 1.82) is 0 Å². The number of alkyl halides is 1. The molecule has 1 aromatic carbocycles. The highest BCUT2D eigenvalue weighted by atomic mass is 32.1. The second kappa shape index (κ2) is 11.9. The summed E-state index contributed by atoms with van der Waals surface area (Å²) in [5.41, 5.74) is -2.71. The average molecular weight is 562 g/mol. The molecule has 0 saturated carbocycles. The first kappa shape index (κ1) is 29.1. The Morgan fingerprint density at radius 1 is 1.30 bits per heavy atom. The van der Waals surface area contributed by atoms with Crippen molar-refractivity contribution in [3.63, 3.8) is 0 Å². The number of para-hydroxylation sites is 1. The Balaban J connectivity index is 1.86. The van der Waals surface area contributed by atoms with Crippen molar-refractivity contribution in [3.8, 4) is 5.75 Å². The van der Waals surface area contributed by atoms with Crippen LogP contribution in [-0.4, -0.2) is 69.0 Å². The van der Waals surface area contributed by atoms with E-state index in [9.17, 15) is 28.8 Å². The molecule has 204 valence electrons. The van der Waals surface area contributed by atoms with Gasteiger partial charge in [0.15, 0.2) is 16.6 Å². The number of ether oxygens (including phenoxy) is 2. The first-order valence-electron chi connectivity index (χ1n) is 11.3. The van der Waals surface area contributed by atoms with Crippen molar-refractivity contribution in [3.05, 3.63) is 57.7 Å². The van der Waals surface area contributed by atoms with Gasteiger partial charge in [-0.2, -0.15) is 5.09 Å². The number of carbonyl (C=O) groups excluding carboxylic acids is 1. The van der Waals surface area contributed by atoms with Gasteiger partial charge in [-0.3, -0.25) is 23.7 Å². The summed E-state index contributed by atoms with van der Waals surface area (Å²) in [6.45, 7) is 2.42. The third-order valence-electron chi connectivity index (χ3n) is 5.37. The number of rotatable bonds is 11. The molecule has 1 saturated heterocycles. The van der Waals surface area contributed by atoms with Gasteiger partial charge in [-0.1, -0.05) is 18.2 Å². The molecule has 0 amide bonds. The SMILES string of the molecule is CC(C)OC(=O)[C@H](C)NP(=O)(OC[C@@]1(CF)O[C@@H](n2ccc(=O)[nH]c2=S)[C@H](O)[C@@H]1O)Oc1ccccc1. The fourth-order valence-electron chi connectivity index (χ4n) is 3.49. The molecule has 1 aromatic heterocycles. The highest BCUT2D eigenvalue weighted by molar-refractivity contribution is 7.71. The maximum Gasteiger partial charge on any atom is 0.459 e. The van der Waals surface area contributed by atoms with Gasteiger partial charge in [0.25, 0.3) is 5.56 Å². The average Bonchev–Trinajstić information content (AvgIpc) is 3.08. The predicted octanol–water partition coefficient (Wildman–Crippen LogP) is 2.00. The maximum atomic E-state index is 14.4. The van der Waals surface area contributed by atoms with Crippen LogP contribution in [-0.2, 0) is 23.4 Å². The second-order valence-electron chi connectivity index (χ2n) is 8.67. The number of benzene rings is 1. The molecule has 12 nitrogen and oxygen atoms in total. The number of nitrogens with zero attached hydrogens (tertiary/aromatic N) is 1. The Morgan fingerprint density at radius 3 is 2.57 bits per heavy atom. The van der Waals surface area contributed by atoms with Crippen molar-refractivity contribution in [2.45, 2.75) is 57.0 Å². The van der Waals surface area contributed by atoms with E-state index in [-0.39, 0.29) is 10.5 Å². The number of esters is 1. The van der Waals surface area contributed by atoms with Crippen molar-refractivity contribution < 1.29 is 42.5 Å². The number of aliphatic hydroxyl groups is 2. The summed E-state index contributed by atoms with van der Waals surface area (Å²) in [6.07, 6.45) is -4.18. The summed E-state index contributed by atoms with van der Waals surface area (Å²) in [4.78, 5) is 26.1. The van der Waals surface area contributed by atoms with Gasteiger partial charge in [0.2, 0.25) is 0 Å². The van der Waals surface area contributed by atoms with Gasteiger partial charge in [-0.15, -0.1) is 0 Å². The van der Waals surface area contributed by atoms with E-state index in [4.69, 9.17) is 30.7 Å². The number of nitrogens with one attached hydrogen (secondary N) is 2. The van der Waals surface area contributed by atoms with Crippen LogP contribution >= 0.6 is 20.0 Å². The first-order chi connectivity index (χ1) is 17.4. The van der Waals surface area contributed by atoms with E-state index < -0.39 is 68.7 Å². The van der Waals surface area contributed by atoms with Crippen LogP contribution in [0.4, 0.5) is 4.39 Å². The predicted molar refractivity (Wildman–Crippen MR) is 131 cm³/mol. The monoisotopic (exact) mass is 561 g/mol. The Morgan fingerprint density at radius 2 is 1.97 bits per heavy atom. The van der Waals surface area contributed by atoms with Crippen LogP contribution in [0.15, 0.2) is 47.4 Å². The zero-order valence-corrected chi connectivity index (χ0v) is 22.0. The molecule has 0 bridgehead atoms. The van der Waals surface area contributed by atoms with Crippen molar-refractivity contribution in [2.24, 2.45) is 0 Å². The van der Waals surface area contributed by atoms with E-state index in [0.717, 1.165) is 10.6 Å². The molecule has 3 rings (SSSR count). The minimum atomic E-state index is -4.42. The largest absolute Gasteiger partial charge is 0.462 e. The Kier molecular flexibility index (Phi) is 9.40. The second-order valence-corrected chi connectivity index (χ2v) is 10.8. The topological polar surface area (TPSA) is 161 Å². The third kappa shape index (κ3) is 6.90. The highest BCUT2D eigenvalue weighted by Gasteiger charge is 2.56. The number of hydrogen-bond acceptors (Lipinski definition) is 10. The van der Waals surface area contributed by atoms with Crippen molar-refractivity contribution >= 4 is 25.9 Å². The standard InChI is InChI=1S/C22H29FN3O9PS/c1-13(2)33-20(30)14(3)25-36(31,35-15-7-5-4-6-8-15)32-12-22(11-23)18(29)17(28)19(34-22)26-10-9-16(27)24-21(26)37/h4-10,13-14,17-19,28-29H,11-12H2,1-3H3,(H,25,31)(H,24,27,37)/t14-,17+,18-,19+,22+,36?/m0/s1. The molecule has 2 aromatic rings. The van der Waals surface area contributed by atoms with Gasteiger partial charge in [-0.25, -0.2) is 8.96 Å². The lowest BCUT2D eigenvalue weighted by molar-refractivity contribution is -0.149. The zero-order chi connectivity index (χ0) is 27.4. The molecule has 1 unspecified atom stereocenters. The fraction of sp³-hybridized carbons (Fsp3) is 0.500. The van der Waals surface area contributed by atoms with Crippen LogP contribution in [0.1, 0.15) is 27.0 Å². The smallest absolute Gasteiger partial charge is 0.459 e. The van der Waals surface area contributed by atoms with E-state index in [0.29, 0.717) is 0 Å². The van der Waals surface area contributed by atoms with Crippen LogP contribution in [0.25, 0.3) is 0 Å². The summed E-state index contributed by atoms with van der Waals surface area (Å²) in [5, 5.41) is 23.8. The molecule has 1 fully saturated rings. The van der Waals surface area contributed by atoms with Crippen LogP contribution in [0.3, 0.4) is 0 Å². The maximum absolute atomic E-state index is 14.4. The molecule has 0 radical (unpaired) electrons. The summed E-state index contributed by atoms with van der Waals surface area (Å²) < 4.78 is 50.8. The number of halogens is 1. The van der Waals surface area contributed by atoms with Gasteiger partial charge < -0.3 is 24.2 Å². The summed E-state index contributed by atoms with van der Waals surface area (Å²) in [6, 6.07) is 7.82. The fourth-order valence-corrected chi connectivity index (χ4v) is 5.31. The molecule has 6 atom stereocenters. The van der Waals surface area contributed by atoms with Gasteiger partial charge in [0.05, 0.1) is 12.7 Å². The van der Waals surface area contributed by atoms with E-state index >= 15 is 0 Å². The molecule has 15 heteroatoms. The third-order valence-corrected chi connectivity index (χ3v) is 7.30. The van der Waals surface area contributed by atoms with E-state index in [2.05, 4.69) is 10.1 Å². The summed E-state index contributed by atoms with van der Waals surface area (Å²) in [5.74, 6) is -0.627.